The van der Waals surface area contributed by atoms with E-state index in [0.29, 0.717) is 34.2 Å². The zero-order valence-corrected chi connectivity index (χ0v) is 16.3. The summed E-state index contributed by atoms with van der Waals surface area (Å²) in [5.41, 5.74) is 2.58. The maximum atomic E-state index is 13.4. The summed E-state index contributed by atoms with van der Waals surface area (Å²) in [5.74, 6) is 0.566. The number of halogens is 1. The highest BCUT2D eigenvalue weighted by molar-refractivity contribution is 7.17. The third-order valence-corrected chi connectivity index (χ3v) is 5.61. The largest absolute Gasteiger partial charge is 0.383 e. The van der Waals surface area contributed by atoms with Gasteiger partial charge in [0.1, 0.15) is 10.7 Å². The third-order valence-electron chi connectivity index (χ3n) is 4.41. The van der Waals surface area contributed by atoms with Gasteiger partial charge in [-0.1, -0.05) is 54.1 Å². The summed E-state index contributed by atoms with van der Waals surface area (Å²) in [6, 6.07) is 17.3. The summed E-state index contributed by atoms with van der Waals surface area (Å²) in [7, 11) is 1.62. The second-order valence-electron chi connectivity index (χ2n) is 6.06. The van der Waals surface area contributed by atoms with Gasteiger partial charge in [-0.25, -0.2) is 4.98 Å². The Morgan fingerprint density at radius 1 is 1.07 bits per heavy atom. The van der Waals surface area contributed by atoms with E-state index in [0.717, 1.165) is 16.7 Å². The van der Waals surface area contributed by atoms with Crippen molar-refractivity contribution in [3.8, 4) is 22.5 Å². The van der Waals surface area contributed by atoms with Crippen LogP contribution in [0.1, 0.15) is 0 Å². The van der Waals surface area contributed by atoms with E-state index >= 15 is 0 Å². The number of nitrogens with zero attached hydrogens (tertiary/aromatic N) is 2. The molecule has 0 aliphatic heterocycles. The quantitative estimate of drug-likeness (QED) is 0.472. The zero-order chi connectivity index (χ0) is 18.8. The Hall–Kier alpha value is -2.47. The second kappa shape index (κ2) is 7.64. The van der Waals surface area contributed by atoms with Crippen molar-refractivity contribution < 1.29 is 4.74 Å². The van der Waals surface area contributed by atoms with Gasteiger partial charge in [-0.3, -0.25) is 9.36 Å². The van der Waals surface area contributed by atoms with Gasteiger partial charge in [0, 0.05) is 23.6 Å². The lowest BCUT2D eigenvalue weighted by atomic mass is 10.1. The lowest BCUT2D eigenvalue weighted by Gasteiger charge is -2.13. The lowest BCUT2D eigenvalue weighted by molar-refractivity contribution is 0.186. The molecule has 2 aromatic carbocycles. The van der Waals surface area contributed by atoms with Crippen LogP contribution >= 0.6 is 22.9 Å². The Kier molecular flexibility index (Phi) is 5.07. The molecule has 0 aliphatic rings. The topological polar surface area (TPSA) is 44.1 Å². The van der Waals surface area contributed by atoms with Gasteiger partial charge in [0.05, 0.1) is 23.6 Å². The Balaban J connectivity index is 2.01. The summed E-state index contributed by atoms with van der Waals surface area (Å²) in [6.07, 6.45) is 0. The fourth-order valence-corrected chi connectivity index (χ4v) is 4.25. The second-order valence-corrected chi connectivity index (χ2v) is 7.33. The Morgan fingerprint density at radius 3 is 2.56 bits per heavy atom. The van der Waals surface area contributed by atoms with Gasteiger partial charge in [0.25, 0.3) is 5.56 Å². The van der Waals surface area contributed by atoms with Crippen molar-refractivity contribution in [1.29, 1.82) is 0 Å². The molecule has 0 atom stereocenters. The fraction of sp³-hybridized carbons (Fsp3) is 0.143. The molecule has 0 aliphatic carbocycles. The molecule has 0 radical (unpaired) electrons. The molecule has 0 fully saturated rings. The van der Waals surface area contributed by atoms with Crippen LogP contribution in [0.2, 0.25) is 5.02 Å². The molecule has 136 valence electrons. The number of thiophene rings is 1. The van der Waals surface area contributed by atoms with E-state index in [1.807, 2.05) is 53.9 Å². The molecule has 0 spiro atoms. The highest BCUT2D eigenvalue weighted by Crippen LogP contribution is 2.33. The maximum Gasteiger partial charge on any atom is 0.263 e. The normalized spacial score (nSPS) is 11.2. The predicted octanol–water partition coefficient (Wildman–Crippen LogP) is 5.09. The molecule has 0 unspecified atom stereocenters. The molecule has 4 nitrogen and oxygen atoms in total. The van der Waals surface area contributed by atoms with Crippen LogP contribution in [-0.4, -0.2) is 23.3 Å². The Morgan fingerprint density at radius 2 is 1.81 bits per heavy atom. The van der Waals surface area contributed by atoms with E-state index in [1.165, 1.54) is 11.3 Å². The Labute approximate surface area is 165 Å². The molecular weight excluding hydrogens is 380 g/mol. The van der Waals surface area contributed by atoms with Crippen molar-refractivity contribution in [2.75, 3.05) is 13.7 Å². The number of methoxy groups -OCH3 is 1. The number of fused-ring (bicyclic) bond motifs is 1. The first-order valence-corrected chi connectivity index (χ1v) is 9.77. The van der Waals surface area contributed by atoms with Gasteiger partial charge in [-0.05, 0) is 17.7 Å². The minimum Gasteiger partial charge on any atom is -0.383 e. The van der Waals surface area contributed by atoms with Crippen LogP contribution in [0.25, 0.3) is 32.7 Å². The molecular formula is C21H17ClN2O2S. The minimum absolute atomic E-state index is 0.0768. The molecule has 0 bridgehead atoms. The first-order valence-electron chi connectivity index (χ1n) is 8.52. The van der Waals surface area contributed by atoms with E-state index in [-0.39, 0.29) is 5.56 Å². The summed E-state index contributed by atoms with van der Waals surface area (Å²) in [6.45, 7) is 0.818. The van der Waals surface area contributed by atoms with E-state index in [9.17, 15) is 4.79 Å². The monoisotopic (exact) mass is 396 g/mol. The summed E-state index contributed by atoms with van der Waals surface area (Å²) in [4.78, 5) is 18.9. The number of hydrogen-bond acceptors (Lipinski definition) is 4. The fourth-order valence-electron chi connectivity index (χ4n) is 3.09. The van der Waals surface area contributed by atoms with Crippen LogP contribution in [0.5, 0.6) is 0 Å². The van der Waals surface area contributed by atoms with E-state index in [1.54, 1.807) is 17.7 Å². The highest BCUT2D eigenvalue weighted by Gasteiger charge is 2.19. The molecule has 2 heterocycles. The molecule has 27 heavy (non-hydrogen) atoms. The number of ether oxygens (including phenoxy) is 1. The average Bonchev–Trinajstić information content (AvgIpc) is 3.12. The lowest BCUT2D eigenvalue weighted by Crippen LogP contribution is -2.25. The van der Waals surface area contributed by atoms with Crippen molar-refractivity contribution in [1.82, 2.24) is 9.55 Å². The molecule has 4 aromatic rings. The van der Waals surface area contributed by atoms with Crippen LogP contribution in [-0.2, 0) is 11.3 Å². The van der Waals surface area contributed by atoms with Crippen LogP contribution < -0.4 is 5.56 Å². The van der Waals surface area contributed by atoms with E-state index in [2.05, 4.69) is 0 Å². The predicted molar refractivity (Wildman–Crippen MR) is 112 cm³/mol. The third kappa shape index (κ3) is 3.30. The zero-order valence-electron chi connectivity index (χ0n) is 14.7. The van der Waals surface area contributed by atoms with Crippen LogP contribution in [0, 0.1) is 0 Å². The average molecular weight is 397 g/mol. The van der Waals surface area contributed by atoms with E-state index in [4.69, 9.17) is 21.3 Å². The number of benzene rings is 2. The molecule has 0 amide bonds. The van der Waals surface area contributed by atoms with Crippen molar-refractivity contribution in [2.45, 2.75) is 6.54 Å². The highest BCUT2D eigenvalue weighted by atomic mass is 35.5. The van der Waals surface area contributed by atoms with Crippen LogP contribution in [0.15, 0.2) is 64.8 Å². The van der Waals surface area contributed by atoms with Gasteiger partial charge in [-0.2, -0.15) is 0 Å². The molecule has 6 heteroatoms. The summed E-state index contributed by atoms with van der Waals surface area (Å²) >= 11 is 7.86. The Bertz CT molecular complexity index is 1150. The van der Waals surface area contributed by atoms with Gasteiger partial charge in [0.2, 0.25) is 0 Å². The molecule has 4 rings (SSSR count). The summed E-state index contributed by atoms with van der Waals surface area (Å²) < 4.78 is 6.87. The first-order chi connectivity index (χ1) is 13.2. The smallest absolute Gasteiger partial charge is 0.263 e. The first kappa shape index (κ1) is 17.9. The molecule has 2 aromatic heterocycles. The maximum absolute atomic E-state index is 13.4. The van der Waals surface area contributed by atoms with Crippen LogP contribution in [0.4, 0.5) is 0 Å². The molecule has 0 saturated carbocycles. The standard InChI is InChI=1S/C21H17ClN2O2S/c1-26-12-11-24-19(15-9-5-6-10-17(15)22)23-20-18(21(24)25)16(13-27-20)14-7-3-2-4-8-14/h2-10,13H,11-12H2,1H3. The van der Waals surface area contributed by atoms with Crippen molar-refractivity contribution in [2.24, 2.45) is 0 Å². The molecule has 0 saturated heterocycles. The van der Waals surface area contributed by atoms with Crippen molar-refractivity contribution in [3.05, 3.63) is 75.4 Å². The van der Waals surface area contributed by atoms with Gasteiger partial charge < -0.3 is 4.74 Å². The number of hydrogen-bond donors (Lipinski definition) is 0. The van der Waals surface area contributed by atoms with Crippen LogP contribution in [0.3, 0.4) is 0 Å². The number of aromatic nitrogens is 2. The van der Waals surface area contributed by atoms with Gasteiger partial charge in [-0.15, -0.1) is 11.3 Å². The minimum atomic E-state index is -0.0768. The number of rotatable bonds is 5. The van der Waals surface area contributed by atoms with Gasteiger partial charge >= 0.3 is 0 Å². The van der Waals surface area contributed by atoms with Crippen molar-refractivity contribution in [3.63, 3.8) is 0 Å². The van der Waals surface area contributed by atoms with E-state index < -0.39 is 0 Å². The molecule has 0 N–H and O–H groups in total. The summed E-state index contributed by atoms with van der Waals surface area (Å²) in [5, 5.41) is 3.19. The van der Waals surface area contributed by atoms with Crippen molar-refractivity contribution >= 4 is 33.2 Å². The SMILES string of the molecule is COCCn1c(-c2ccccc2Cl)nc2scc(-c3ccccc3)c2c1=O. The van der Waals surface area contributed by atoms with Gasteiger partial charge in [0.15, 0.2) is 0 Å².